The van der Waals surface area contributed by atoms with Gasteiger partial charge in [-0.25, -0.2) is 4.79 Å². The lowest BCUT2D eigenvalue weighted by Gasteiger charge is -2.16. The fraction of sp³-hybridized carbons (Fsp3) is 0.333. The molecule has 1 heterocycles. The van der Waals surface area contributed by atoms with Crippen molar-refractivity contribution in [3.8, 4) is 0 Å². The summed E-state index contributed by atoms with van der Waals surface area (Å²) in [5, 5.41) is 0. The quantitative estimate of drug-likeness (QED) is 0.856. The number of hydrogen-bond donors (Lipinski definition) is 1. The van der Waals surface area contributed by atoms with Crippen LogP contribution in [0.2, 0.25) is 0 Å². The number of hydrogen-bond acceptors (Lipinski definition) is 2. The van der Waals surface area contributed by atoms with E-state index >= 15 is 0 Å². The van der Waals surface area contributed by atoms with Gasteiger partial charge >= 0.3 is 5.69 Å². The van der Waals surface area contributed by atoms with Crippen LogP contribution in [0.3, 0.4) is 0 Å². The van der Waals surface area contributed by atoms with Crippen molar-refractivity contribution < 1.29 is 0 Å². The van der Waals surface area contributed by atoms with Crippen molar-refractivity contribution in [1.82, 2.24) is 9.13 Å². The van der Waals surface area contributed by atoms with Crippen LogP contribution in [0.25, 0.3) is 0 Å². The van der Waals surface area contributed by atoms with Gasteiger partial charge in [0.15, 0.2) is 0 Å². The minimum absolute atomic E-state index is 0.0321. The van der Waals surface area contributed by atoms with Crippen LogP contribution >= 0.6 is 12.2 Å². The molecule has 1 aliphatic rings. The summed E-state index contributed by atoms with van der Waals surface area (Å²) >= 11 is 5.17. The predicted molar refractivity (Wildman–Crippen MR) is 82.9 cm³/mol. The first kappa shape index (κ1) is 13.1. The van der Waals surface area contributed by atoms with Crippen LogP contribution in [-0.2, 0) is 6.54 Å². The van der Waals surface area contributed by atoms with E-state index in [1.807, 2.05) is 47.3 Å². The largest absolute Gasteiger partial charge is 0.393 e. The maximum absolute atomic E-state index is 12.3. The van der Waals surface area contributed by atoms with Gasteiger partial charge in [-0.1, -0.05) is 42.5 Å². The van der Waals surface area contributed by atoms with Crippen LogP contribution in [0.4, 0.5) is 0 Å². The van der Waals surface area contributed by atoms with Gasteiger partial charge in [0.25, 0.3) is 0 Å². The Morgan fingerprint density at radius 1 is 1.30 bits per heavy atom. The number of thiocarbonyl (C=S) groups is 1. The first-order valence-electron chi connectivity index (χ1n) is 6.78. The lowest BCUT2D eigenvalue weighted by Crippen LogP contribution is -2.30. The monoisotopic (exact) mass is 287 g/mol. The molecule has 1 fully saturated rings. The fourth-order valence-electron chi connectivity index (χ4n) is 2.44. The molecule has 0 spiro atoms. The van der Waals surface area contributed by atoms with E-state index in [1.165, 1.54) is 0 Å². The molecule has 1 aromatic heterocycles. The molecule has 1 aromatic carbocycles. The van der Waals surface area contributed by atoms with Crippen LogP contribution in [-0.4, -0.2) is 14.1 Å². The summed E-state index contributed by atoms with van der Waals surface area (Å²) in [6.07, 6.45) is 5.89. The Morgan fingerprint density at radius 3 is 2.60 bits per heavy atom. The van der Waals surface area contributed by atoms with E-state index in [1.54, 1.807) is 4.57 Å². The molecule has 3 rings (SSSR count). The number of imidazole rings is 1. The Balaban J connectivity index is 1.87. The van der Waals surface area contributed by atoms with Gasteiger partial charge in [-0.2, -0.15) is 0 Å². The van der Waals surface area contributed by atoms with E-state index in [2.05, 4.69) is 0 Å². The molecule has 4 nitrogen and oxygen atoms in total. The highest BCUT2D eigenvalue weighted by Crippen LogP contribution is 2.33. The zero-order chi connectivity index (χ0) is 14.1. The summed E-state index contributed by atoms with van der Waals surface area (Å²) in [4.78, 5) is 12.7. The predicted octanol–water partition coefficient (Wildman–Crippen LogP) is 2.05. The van der Waals surface area contributed by atoms with Crippen molar-refractivity contribution in [1.29, 1.82) is 0 Å². The van der Waals surface area contributed by atoms with E-state index in [0.29, 0.717) is 17.6 Å². The molecule has 2 N–H and O–H groups in total. The number of benzene rings is 1. The topological polar surface area (TPSA) is 52.9 Å². The molecule has 1 unspecified atom stereocenters. The Kier molecular flexibility index (Phi) is 3.44. The second kappa shape index (κ2) is 5.25. The van der Waals surface area contributed by atoms with Gasteiger partial charge < -0.3 is 5.73 Å². The molecular weight excluding hydrogens is 270 g/mol. The number of nitrogens with zero attached hydrogens (tertiary/aromatic N) is 2. The smallest absolute Gasteiger partial charge is 0.328 e. The maximum atomic E-state index is 12.3. The van der Waals surface area contributed by atoms with E-state index < -0.39 is 0 Å². The molecule has 0 aliphatic heterocycles. The third-order valence-corrected chi connectivity index (χ3v) is 4.02. The molecule has 0 saturated heterocycles. The minimum atomic E-state index is -0.112. The number of aromatic nitrogens is 2. The molecule has 1 atom stereocenters. The molecule has 0 amide bonds. The molecule has 0 bridgehead atoms. The van der Waals surface area contributed by atoms with Crippen LogP contribution in [0, 0.1) is 0 Å². The van der Waals surface area contributed by atoms with Crippen LogP contribution in [0.1, 0.15) is 30.4 Å². The molecule has 1 aliphatic carbocycles. The van der Waals surface area contributed by atoms with Gasteiger partial charge in [-0.3, -0.25) is 9.13 Å². The normalized spacial score (nSPS) is 16.0. The third kappa shape index (κ3) is 2.54. The summed E-state index contributed by atoms with van der Waals surface area (Å²) in [6.45, 7) is 0.498. The first-order chi connectivity index (χ1) is 9.66. The van der Waals surface area contributed by atoms with Crippen molar-refractivity contribution >= 4 is 17.2 Å². The van der Waals surface area contributed by atoms with Crippen molar-refractivity contribution in [3.05, 3.63) is 58.8 Å². The zero-order valence-corrected chi connectivity index (χ0v) is 11.9. The summed E-state index contributed by atoms with van der Waals surface area (Å²) < 4.78 is 3.51. The standard InChI is InChI=1S/C15H17N3OS/c16-14(20)13(11-4-2-1-3-5-11)10-17-8-9-18(15(17)19)12-6-7-12/h1-5,8-9,12-13H,6-7,10H2,(H2,16,20). The van der Waals surface area contributed by atoms with Gasteiger partial charge in [0, 0.05) is 25.0 Å². The average molecular weight is 287 g/mol. The van der Waals surface area contributed by atoms with Crippen molar-refractivity contribution in [2.24, 2.45) is 5.73 Å². The van der Waals surface area contributed by atoms with Crippen molar-refractivity contribution in [2.75, 3.05) is 0 Å². The Hall–Kier alpha value is -1.88. The summed E-state index contributed by atoms with van der Waals surface area (Å²) in [6, 6.07) is 10.2. The molecule has 5 heteroatoms. The average Bonchev–Trinajstić information content (AvgIpc) is 3.22. The van der Waals surface area contributed by atoms with Gasteiger partial charge in [0.2, 0.25) is 0 Å². The van der Waals surface area contributed by atoms with Crippen LogP contribution in [0.5, 0.6) is 0 Å². The highest BCUT2D eigenvalue weighted by Gasteiger charge is 2.26. The SMILES string of the molecule is NC(=S)C(Cn1ccn(C2CC2)c1=O)c1ccccc1. The second-order valence-corrected chi connectivity index (χ2v) is 5.71. The molecule has 20 heavy (non-hydrogen) atoms. The van der Waals surface area contributed by atoms with E-state index in [9.17, 15) is 4.79 Å². The minimum Gasteiger partial charge on any atom is -0.393 e. The maximum Gasteiger partial charge on any atom is 0.328 e. The number of rotatable bonds is 5. The van der Waals surface area contributed by atoms with Gasteiger partial charge in [0.1, 0.15) is 0 Å². The number of nitrogens with two attached hydrogens (primary N) is 1. The molecule has 104 valence electrons. The van der Waals surface area contributed by atoms with Crippen LogP contribution < -0.4 is 11.4 Å². The van der Waals surface area contributed by atoms with Gasteiger partial charge in [0.05, 0.1) is 10.9 Å². The molecule has 0 radical (unpaired) electrons. The first-order valence-corrected chi connectivity index (χ1v) is 7.19. The fourth-order valence-corrected chi connectivity index (χ4v) is 2.65. The van der Waals surface area contributed by atoms with Crippen LogP contribution in [0.15, 0.2) is 47.5 Å². The van der Waals surface area contributed by atoms with E-state index in [4.69, 9.17) is 18.0 Å². The Bertz CT molecular complexity index is 670. The molecule has 1 saturated carbocycles. The second-order valence-electron chi connectivity index (χ2n) is 5.24. The molecular formula is C15H17N3OS. The lowest BCUT2D eigenvalue weighted by molar-refractivity contribution is 0.601. The highest BCUT2D eigenvalue weighted by molar-refractivity contribution is 7.80. The van der Waals surface area contributed by atoms with Gasteiger partial charge in [-0.15, -0.1) is 0 Å². The van der Waals surface area contributed by atoms with E-state index in [0.717, 1.165) is 18.4 Å². The van der Waals surface area contributed by atoms with Crippen molar-refractivity contribution in [3.63, 3.8) is 0 Å². The Labute approximate surface area is 122 Å². The zero-order valence-electron chi connectivity index (χ0n) is 11.1. The van der Waals surface area contributed by atoms with E-state index in [-0.39, 0.29) is 11.6 Å². The lowest BCUT2D eigenvalue weighted by atomic mass is 9.99. The summed E-state index contributed by atoms with van der Waals surface area (Å²) in [7, 11) is 0. The summed E-state index contributed by atoms with van der Waals surface area (Å²) in [5.74, 6) is -0.112. The summed E-state index contributed by atoms with van der Waals surface area (Å²) in [5.41, 5.74) is 6.93. The Morgan fingerprint density at radius 2 is 2.00 bits per heavy atom. The third-order valence-electron chi connectivity index (χ3n) is 3.74. The van der Waals surface area contributed by atoms with Gasteiger partial charge in [-0.05, 0) is 18.4 Å². The molecule has 2 aromatic rings. The highest BCUT2D eigenvalue weighted by atomic mass is 32.1. The van der Waals surface area contributed by atoms with Crippen molar-refractivity contribution in [2.45, 2.75) is 31.3 Å².